The smallest absolute Gasteiger partial charge is 0.462 e. The maximum absolute atomic E-state index is 13.1. The molecule has 0 aliphatic carbocycles. The summed E-state index contributed by atoms with van der Waals surface area (Å²) in [5, 5.41) is 10.7. The average Bonchev–Trinajstić information content (AvgIpc) is 0.906. The van der Waals surface area contributed by atoms with Gasteiger partial charge in [0.1, 0.15) is 19.3 Å². The number of hydrogen-bond acceptors (Lipinski definition) is 15. The quantitative estimate of drug-likeness (QED) is 0.0222. The van der Waals surface area contributed by atoms with E-state index in [-0.39, 0.29) is 25.7 Å². The predicted molar refractivity (Wildman–Crippen MR) is 428 cm³/mol. The molecule has 0 fully saturated rings. The molecule has 17 nitrogen and oxygen atoms in total. The highest BCUT2D eigenvalue weighted by Gasteiger charge is 2.30. The highest BCUT2D eigenvalue weighted by molar-refractivity contribution is 7.47. The number of phosphoric ester groups is 2. The molecule has 104 heavy (non-hydrogen) atoms. The van der Waals surface area contributed by atoms with Crippen molar-refractivity contribution in [2.45, 2.75) is 471 Å². The number of aliphatic hydroxyl groups is 1. The molecule has 19 heteroatoms. The standard InChI is InChI=1S/C85H166O17P2/c1-7-10-12-14-16-18-20-21-26-34-39-45-51-57-63-69-84(89)101-80(73-95-82(87)67-61-55-49-43-19-17-15-13-11-8-2)75-99-103(91,92)97-71-79(86)72-98-104(93,94)100-76-81(74-96-83(88)68-62-56-50-44-38-33-30-29-32-37-42-48-54-60-66-78(6)9-3)102-85(90)70-64-58-52-46-40-35-28-25-23-22-24-27-31-36-41-47-53-59-65-77(4)5/h77-81,86H,7-76H2,1-6H3,(H,91,92)(H,93,94)/t78?,79-,80+,81+/m0/s1. The Bertz CT molecular complexity index is 2000. The van der Waals surface area contributed by atoms with Crippen molar-refractivity contribution >= 4 is 39.5 Å². The lowest BCUT2D eigenvalue weighted by atomic mass is 9.99. The lowest BCUT2D eigenvalue weighted by molar-refractivity contribution is -0.161. The van der Waals surface area contributed by atoms with E-state index in [2.05, 4.69) is 41.5 Å². The number of esters is 4. The maximum atomic E-state index is 13.1. The molecule has 0 bridgehead atoms. The van der Waals surface area contributed by atoms with Gasteiger partial charge in [-0.05, 0) is 37.5 Å². The fraction of sp³-hybridized carbons (Fsp3) is 0.953. The third-order valence-electron chi connectivity index (χ3n) is 20.3. The molecule has 0 spiro atoms. The van der Waals surface area contributed by atoms with E-state index >= 15 is 0 Å². The summed E-state index contributed by atoms with van der Waals surface area (Å²) in [6.07, 6.45) is 67.9. The van der Waals surface area contributed by atoms with Gasteiger partial charge in [-0.1, -0.05) is 401 Å². The summed E-state index contributed by atoms with van der Waals surface area (Å²) in [6, 6.07) is 0. The van der Waals surface area contributed by atoms with Crippen molar-refractivity contribution in [1.29, 1.82) is 0 Å². The van der Waals surface area contributed by atoms with Gasteiger partial charge in [-0.15, -0.1) is 0 Å². The van der Waals surface area contributed by atoms with Gasteiger partial charge >= 0.3 is 39.5 Å². The number of carbonyl (C=O) groups excluding carboxylic acids is 4. The Labute approximate surface area is 638 Å². The van der Waals surface area contributed by atoms with Crippen LogP contribution in [0.1, 0.15) is 452 Å². The van der Waals surface area contributed by atoms with E-state index < -0.39 is 97.5 Å². The zero-order valence-corrected chi connectivity index (χ0v) is 70.1. The molecule has 0 heterocycles. The minimum Gasteiger partial charge on any atom is -0.462 e. The zero-order valence-electron chi connectivity index (χ0n) is 68.3. The summed E-state index contributed by atoms with van der Waals surface area (Å²) in [5.74, 6) is -0.432. The molecule has 0 aromatic rings. The van der Waals surface area contributed by atoms with Gasteiger partial charge < -0.3 is 33.8 Å². The van der Waals surface area contributed by atoms with E-state index in [0.29, 0.717) is 25.7 Å². The highest BCUT2D eigenvalue weighted by Crippen LogP contribution is 2.45. The van der Waals surface area contributed by atoms with Crippen LogP contribution in [0.2, 0.25) is 0 Å². The molecule has 0 amide bonds. The number of ether oxygens (including phenoxy) is 4. The van der Waals surface area contributed by atoms with Gasteiger partial charge in [-0.3, -0.25) is 37.3 Å². The number of unbranched alkanes of at least 4 members (excludes halogenated alkanes) is 53. The summed E-state index contributed by atoms with van der Waals surface area (Å²) in [4.78, 5) is 73.2. The summed E-state index contributed by atoms with van der Waals surface area (Å²) in [7, 11) is -9.92. The lowest BCUT2D eigenvalue weighted by Crippen LogP contribution is -2.30. The van der Waals surface area contributed by atoms with E-state index in [1.165, 1.54) is 270 Å². The highest BCUT2D eigenvalue weighted by atomic mass is 31.2. The molecule has 0 radical (unpaired) electrons. The third-order valence-corrected chi connectivity index (χ3v) is 22.2. The van der Waals surface area contributed by atoms with Gasteiger partial charge in [-0.25, -0.2) is 9.13 Å². The Morgan fingerprint density at radius 3 is 0.731 bits per heavy atom. The Hall–Kier alpha value is -1.94. The molecule has 3 N–H and O–H groups in total. The van der Waals surface area contributed by atoms with E-state index in [1.807, 2.05) is 0 Å². The third kappa shape index (κ3) is 76.8. The number of aliphatic hydroxyl groups excluding tert-OH is 1. The Balaban J connectivity index is 5.23. The van der Waals surface area contributed by atoms with Crippen LogP contribution in [0, 0.1) is 11.8 Å². The molecule has 0 rings (SSSR count). The molecule has 0 aliphatic heterocycles. The van der Waals surface area contributed by atoms with Crippen molar-refractivity contribution in [1.82, 2.24) is 0 Å². The summed E-state index contributed by atoms with van der Waals surface area (Å²) < 4.78 is 68.8. The topological polar surface area (TPSA) is 237 Å². The van der Waals surface area contributed by atoms with E-state index in [1.54, 1.807) is 0 Å². The van der Waals surface area contributed by atoms with Crippen LogP contribution in [-0.2, 0) is 65.4 Å². The van der Waals surface area contributed by atoms with Crippen LogP contribution in [0.25, 0.3) is 0 Å². The summed E-state index contributed by atoms with van der Waals surface area (Å²) in [5.41, 5.74) is 0. The van der Waals surface area contributed by atoms with E-state index in [4.69, 9.17) is 37.0 Å². The molecular formula is C85H166O17P2. The minimum atomic E-state index is -4.97. The second-order valence-electron chi connectivity index (χ2n) is 31.3. The van der Waals surface area contributed by atoms with Crippen LogP contribution in [0.3, 0.4) is 0 Å². The normalized spacial score (nSPS) is 14.1. The van der Waals surface area contributed by atoms with Gasteiger partial charge in [0.25, 0.3) is 0 Å². The average molecular weight is 1520 g/mol. The van der Waals surface area contributed by atoms with Crippen molar-refractivity contribution in [2.24, 2.45) is 11.8 Å². The van der Waals surface area contributed by atoms with Crippen LogP contribution in [0.4, 0.5) is 0 Å². The lowest BCUT2D eigenvalue weighted by Gasteiger charge is -2.21. The van der Waals surface area contributed by atoms with Gasteiger partial charge in [0.2, 0.25) is 0 Å². The second kappa shape index (κ2) is 76.4. The van der Waals surface area contributed by atoms with Crippen LogP contribution in [0.5, 0.6) is 0 Å². The molecule has 0 saturated heterocycles. The molecule has 618 valence electrons. The number of hydrogen-bond donors (Lipinski definition) is 3. The molecule has 0 aromatic carbocycles. The largest absolute Gasteiger partial charge is 0.472 e. The Kier molecular flexibility index (Phi) is 75.0. The Morgan fingerprint density at radius 2 is 0.490 bits per heavy atom. The fourth-order valence-corrected chi connectivity index (χ4v) is 14.8. The minimum absolute atomic E-state index is 0.108. The fourth-order valence-electron chi connectivity index (χ4n) is 13.2. The first-order valence-electron chi connectivity index (χ1n) is 44.0. The second-order valence-corrected chi connectivity index (χ2v) is 34.2. The van der Waals surface area contributed by atoms with Crippen LogP contribution in [0.15, 0.2) is 0 Å². The molecule has 6 atom stereocenters. The number of phosphoric acid groups is 2. The molecule has 0 aromatic heterocycles. The molecule has 3 unspecified atom stereocenters. The molecule has 0 aliphatic rings. The van der Waals surface area contributed by atoms with E-state index in [0.717, 1.165) is 102 Å². The van der Waals surface area contributed by atoms with Crippen LogP contribution in [-0.4, -0.2) is 96.7 Å². The van der Waals surface area contributed by atoms with E-state index in [9.17, 15) is 43.2 Å². The van der Waals surface area contributed by atoms with Crippen molar-refractivity contribution in [2.75, 3.05) is 39.6 Å². The SMILES string of the molecule is CCCCCCCCCCCCCCCCCC(=O)O[C@H](COC(=O)CCCCCCCCCCCC)COP(=O)(O)OC[C@H](O)COP(=O)(O)OC[C@@H](COC(=O)CCCCCCCCCCCCCCCCC(C)CC)OC(=O)CCCCCCCCCCCCCCCCCCCCC(C)C. The van der Waals surface area contributed by atoms with Crippen molar-refractivity contribution in [3.8, 4) is 0 Å². The number of rotatable bonds is 84. The first-order chi connectivity index (χ1) is 50.4. The van der Waals surface area contributed by atoms with Gasteiger partial charge in [0.15, 0.2) is 12.2 Å². The summed E-state index contributed by atoms with van der Waals surface area (Å²) in [6.45, 7) is 9.75. The molecule has 0 saturated carbocycles. The van der Waals surface area contributed by atoms with Crippen molar-refractivity contribution in [3.05, 3.63) is 0 Å². The monoisotopic (exact) mass is 1520 g/mol. The maximum Gasteiger partial charge on any atom is 0.472 e. The predicted octanol–water partition coefficient (Wildman–Crippen LogP) is 25.8. The Morgan fingerprint density at radius 1 is 0.279 bits per heavy atom. The molecular weight excluding hydrogens is 1350 g/mol. The first-order valence-corrected chi connectivity index (χ1v) is 47.0. The number of carbonyl (C=O) groups is 4. The van der Waals surface area contributed by atoms with Gasteiger partial charge in [0.05, 0.1) is 26.4 Å². The van der Waals surface area contributed by atoms with Crippen LogP contribution >= 0.6 is 15.6 Å². The van der Waals surface area contributed by atoms with Crippen molar-refractivity contribution in [3.63, 3.8) is 0 Å². The van der Waals surface area contributed by atoms with Gasteiger partial charge in [0, 0.05) is 25.7 Å². The van der Waals surface area contributed by atoms with Crippen LogP contribution < -0.4 is 0 Å². The first kappa shape index (κ1) is 102. The summed E-state index contributed by atoms with van der Waals surface area (Å²) >= 11 is 0. The zero-order chi connectivity index (χ0) is 76.4. The van der Waals surface area contributed by atoms with Gasteiger partial charge in [-0.2, -0.15) is 0 Å². The van der Waals surface area contributed by atoms with Crippen molar-refractivity contribution < 1.29 is 80.2 Å².